The van der Waals surface area contributed by atoms with Gasteiger partial charge in [-0.2, -0.15) is 0 Å². The highest BCUT2D eigenvalue weighted by Gasteiger charge is 2.26. The summed E-state index contributed by atoms with van der Waals surface area (Å²) in [5.74, 6) is 0. The predicted molar refractivity (Wildman–Crippen MR) is 101 cm³/mol. The number of hydrogen-bond donors (Lipinski definition) is 1. The lowest BCUT2D eigenvalue weighted by molar-refractivity contribution is 0.463. The Hall–Kier alpha value is -1.45. The summed E-state index contributed by atoms with van der Waals surface area (Å²) in [5.41, 5.74) is 2.66. The maximum absolute atomic E-state index is 3.73. The highest BCUT2D eigenvalue weighted by molar-refractivity contribution is 7.99. The number of rotatable bonds is 6. The van der Waals surface area contributed by atoms with Gasteiger partial charge in [-0.05, 0) is 44.0 Å². The van der Waals surface area contributed by atoms with Crippen molar-refractivity contribution < 1.29 is 0 Å². The molecule has 0 amide bonds. The van der Waals surface area contributed by atoms with Crippen LogP contribution in [0.1, 0.15) is 33.6 Å². The Kier molecular flexibility index (Phi) is 5.29. The largest absolute Gasteiger partial charge is 0.336 e. The van der Waals surface area contributed by atoms with Crippen LogP contribution in [0.3, 0.4) is 0 Å². The summed E-state index contributed by atoms with van der Waals surface area (Å²) in [6.07, 6.45) is 2.37. The Labute approximate surface area is 144 Å². The maximum Gasteiger partial charge on any atom is 0.0555 e. The molecule has 3 heteroatoms. The summed E-state index contributed by atoms with van der Waals surface area (Å²) in [5, 5.41) is 3.73. The van der Waals surface area contributed by atoms with E-state index in [1.807, 2.05) is 11.8 Å². The van der Waals surface area contributed by atoms with Gasteiger partial charge in [0.1, 0.15) is 0 Å². The van der Waals surface area contributed by atoms with Crippen molar-refractivity contribution in [2.24, 2.45) is 0 Å². The molecule has 0 fully saturated rings. The minimum atomic E-state index is 0.416. The zero-order valence-electron chi connectivity index (χ0n) is 14.3. The van der Waals surface area contributed by atoms with Gasteiger partial charge in [-0.25, -0.2) is 0 Å². The highest BCUT2D eigenvalue weighted by Crippen LogP contribution is 2.48. The van der Waals surface area contributed by atoms with Crippen LogP contribution in [0, 0.1) is 0 Å². The molecule has 1 unspecified atom stereocenters. The minimum absolute atomic E-state index is 0.416. The molecule has 3 rings (SSSR count). The Balaban J connectivity index is 1.88. The Morgan fingerprint density at radius 2 is 1.43 bits per heavy atom. The van der Waals surface area contributed by atoms with Crippen molar-refractivity contribution in [3.8, 4) is 0 Å². The van der Waals surface area contributed by atoms with Gasteiger partial charge in [-0.3, -0.25) is 0 Å². The van der Waals surface area contributed by atoms with Crippen molar-refractivity contribution in [2.75, 3.05) is 11.4 Å². The first-order valence-electron chi connectivity index (χ1n) is 8.63. The molecule has 0 spiro atoms. The van der Waals surface area contributed by atoms with E-state index in [9.17, 15) is 0 Å². The van der Waals surface area contributed by atoms with E-state index in [0.29, 0.717) is 12.1 Å². The van der Waals surface area contributed by atoms with Gasteiger partial charge in [0, 0.05) is 28.4 Å². The van der Waals surface area contributed by atoms with E-state index in [2.05, 4.69) is 79.5 Å². The van der Waals surface area contributed by atoms with Crippen LogP contribution in [0.15, 0.2) is 58.3 Å². The first-order valence-corrected chi connectivity index (χ1v) is 9.44. The molecule has 0 saturated heterocycles. The molecule has 0 radical (unpaired) electrons. The maximum atomic E-state index is 3.73. The first-order chi connectivity index (χ1) is 11.2. The van der Waals surface area contributed by atoms with Gasteiger partial charge in [0.15, 0.2) is 0 Å². The molecule has 2 aromatic rings. The van der Waals surface area contributed by atoms with Crippen molar-refractivity contribution in [3.05, 3.63) is 48.5 Å². The second-order valence-electron chi connectivity index (χ2n) is 6.18. The quantitative estimate of drug-likeness (QED) is 0.759. The fraction of sp³-hybridized carbons (Fsp3) is 0.400. The average Bonchev–Trinajstić information content (AvgIpc) is 2.60. The van der Waals surface area contributed by atoms with Crippen LogP contribution in [0.4, 0.5) is 11.4 Å². The molecule has 1 N–H and O–H groups in total. The number of anilines is 2. The van der Waals surface area contributed by atoms with E-state index in [4.69, 9.17) is 0 Å². The smallest absolute Gasteiger partial charge is 0.0555 e. The lowest BCUT2D eigenvalue weighted by Gasteiger charge is -2.38. The number of benzene rings is 2. The Morgan fingerprint density at radius 3 is 1.96 bits per heavy atom. The number of fused-ring (bicyclic) bond motifs is 2. The van der Waals surface area contributed by atoms with Crippen molar-refractivity contribution in [2.45, 2.75) is 55.5 Å². The van der Waals surface area contributed by atoms with E-state index in [0.717, 1.165) is 6.54 Å². The van der Waals surface area contributed by atoms with Gasteiger partial charge in [0.05, 0.1) is 11.4 Å². The van der Waals surface area contributed by atoms with Crippen LogP contribution in [-0.2, 0) is 0 Å². The molecule has 1 aliphatic rings. The molecular weight excluding hydrogens is 300 g/mol. The summed E-state index contributed by atoms with van der Waals surface area (Å²) in [6, 6.07) is 18.5. The molecule has 2 nitrogen and oxygen atoms in total. The molecule has 2 aromatic carbocycles. The average molecular weight is 327 g/mol. The fourth-order valence-corrected chi connectivity index (χ4v) is 4.29. The van der Waals surface area contributed by atoms with E-state index in [1.54, 1.807) is 0 Å². The summed E-state index contributed by atoms with van der Waals surface area (Å²) in [6.45, 7) is 7.83. The summed E-state index contributed by atoms with van der Waals surface area (Å²) >= 11 is 1.87. The summed E-state index contributed by atoms with van der Waals surface area (Å²) in [7, 11) is 0. The van der Waals surface area contributed by atoms with Crippen LogP contribution in [-0.4, -0.2) is 18.6 Å². The third-order valence-corrected chi connectivity index (χ3v) is 5.73. The monoisotopic (exact) mass is 326 g/mol. The second-order valence-corrected chi connectivity index (χ2v) is 7.26. The number of nitrogens with zero attached hydrogens (tertiary/aromatic N) is 1. The van der Waals surface area contributed by atoms with Gasteiger partial charge in [-0.15, -0.1) is 0 Å². The lowest BCUT2D eigenvalue weighted by Crippen LogP contribution is -2.42. The highest BCUT2D eigenvalue weighted by atomic mass is 32.2. The van der Waals surface area contributed by atoms with Crippen molar-refractivity contribution in [3.63, 3.8) is 0 Å². The zero-order chi connectivity index (χ0) is 16.2. The van der Waals surface area contributed by atoms with E-state index in [-0.39, 0.29) is 0 Å². The second kappa shape index (κ2) is 7.41. The van der Waals surface area contributed by atoms with Crippen LogP contribution in [0.25, 0.3) is 0 Å². The summed E-state index contributed by atoms with van der Waals surface area (Å²) < 4.78 is 0. The van der Waals surface area contributed by atoms with E-state index >= 15 is 0 Å². The molecule has 0 saturated carbocycles. The fourth-order valence-electron chi connectivity index (χ4n) is 3.21. The van der Waals surface area contributed by atoms with Crippen molar-refractivity contribution >= 4 is 23.1 Å². The SMILES string of the molecule is CCC(CC)NCC(C)N1c2ccccc2Sc2ccccc21. The molecular formula is C20H26N2S. The van der Waals surface area contributed by atoms with Gasteiger partial charge in [0.25, 0.3) is 0 Å². The van der Waals surface area contributed by atoms with Gasteiger partial charge >= 0.3 is 0 Å². The topological polar surface area (TPSA) is 15.3 Å². The van der Waals surface area contributed by atoms with E-state index < -0.39 is 0 Å². The molecule has 1 atom stereocenters. The number of hydrogen-bond acceptors (Lipinski definition) is 3. The Morgan fingerprint density at radius 1 is 0.913 bits per heavy atom. The number of para-hydroxylation sites is 2. The van der Waals surface area contributed by atoms with Crippen LogP contribution < -0.4 is 10.2 Å². The molecule has 122 valence electrons. The zero-order valence-corrected chi connectivity index (χ0v) is 15.1. The molecule has 0 aliphatic carbocycles. The van der Waals surface area contributed by atoms with Crippen LogP contribution >= 0.6 is 11.8 Å². The normalized spacial score (nSPS) is 14.5. The molecule has 1 heterocycles. The third kappa shape index (κ3) is 3.41. The number of nitrogens with one attached hydrogen (secondary N) is 1. The third-order valence-electron chi connectivity index (χ3n) is 4.60. The standard InChI is InChI=1S/C20H26N2S/c1-4-16(5-2)21-14-15(3)22-17-10-6-8-12-19(17)23-20-13-9-7-11-18(20)22/h6-13,15-16,21H,4-5,14H2,1-3H3. The minimum Gasteiger partial charge on any atom is -0.336 e. The van der Waals surface area contributed by atoms with Gasteiger partial charge < -0.3 is 10.2 Å². The van der Waals surface area contributed by atoms with Crippen molar-refractivity contribution in [1.82, 2.24) is 5.32 Å². The Bertz CT molecular complexity index is 606. The molecule has 23 heavy (non-hydrogen) atoms. The predicted octanol–water partition coefficient (Wildman–Crippen LogP) is 5.46. The van der Waals surface area contributed by atoms with E-state index in [1.165, 1.54) is 34.0 Å². The molecule has 0 bridgehead atoms. The van der Waals surface area contributed by atoms with Crippen LogP contribution in [0.5, 0.6) is 0 Å². The first kappa shape index (κ1) is 16.4. The molecule has 0 aromatic heterocycles. The van der Waals surface area contributed by atoms with Crippen LogP contribution in [0.2, 0.25) is 0 Å². The van der Waals surface area contributed by atoms with Gasteiger partial charge in [-0.1, -0.05) is 49.9 Å². The molecule has 1 aliphatic heterocycles. The summed E-state index contributed by atoms with van der Waals surface area (Å²) in [4.78, 5) is 5.19. The van der Waals surface area contributed by atoms with Crippen molar-refractivity contribution in [1.29, 1.82) is 0 Å². The van der Waals surface area contributed by atoms with Gasteiger partial charge in [0.2, 0.25) is 0 Å². The lowest BCUT2D eigenvalue weighted by atomic mass is 10.1.